The van der Waals surface area contributed by atoms with Crippen LogP contribution < -0.4 is 10.1 Å². The third-order valence-electron chi connectivity index (χ3n) is 2.87. The highest BCUT2D eigenvalue weighted by Gasteiger charge is 2.05. The van der Waals surface area contributed by atoms with Gasteiger partial charge in [-0.2, -0.15) is 0 Å². The molecule has 2 N–H and O–H groups in total. The van der Waals surface area contributed by atoms with E-state index in [4.69, 9.17) is 4.74 Å². The number of nitrogens with one attached hydrogen (secondary N) is 1. The molecular weight excluding hydrogens is 250 g/mol. The van der Waals surface area contributed by atoms with Gasteiger partial charge in [-0.25, -0.2) is 0 Å². The maximum atomic E-state index is 11.2. The maximum absolute atomic E-state index is 11.2. The van der Waals surface area contributed by atoms with Gasteiger partial charge in [0.1, 0.15) is 0 Å². The van der Waals surface area contributed by atoms with Crippen molar-refractivity contribution in [2.75, 3.05) is 19.9 Å². The molecule has 2 atom stereocenters. The Kier molecular flexibility index (Phi) is 6.15. The van der Waals surface area contributed by atoms with Crippen molar-refractivity contribution in [2.45, 2.75) is 25.1 Å². The maximum Gasteiger partial charge on any atom is 0.160 e. The Morgan fingerprint density at radius 3 is 2.78 bits per heavy atom. The van der Waals surface area contributed by atoms with Crippen LogP contribution in [0, 0.1) is 0 Å². The molecule has 0 aliphatic heterocycles. The van der Waals surface area contributed by atoms with Crippen LogP contribution in [0.4, 0.5) is 0 Å². The summed E-state index contributed by atoms with van der Waals surface area (Å²) in [6.07, 6.45) is 2.61. The van der Waals surface area contributed by atoms with E-state index in [1.165, 1.54) is 7.11 Å². The first kappa shape index (κ1) is 15.0. The molecule has 5 heteroatoms. The van der Waals surface area contributed by atoms with Crippen molar-refractivity contribution in [3.63, 3.8) is 0 Å². The summed E-state index contributed by atoms with van der Waals surface area (Å²) in [7, 11) is 0.764. The fourth-order valence-electron chi connectivity index (χ4n) is 1.55. The average molecular weight is 271 g/mol. The molecule has 102 valence electrons. The first-order valence-electron chi connectivity index (χ1n) is 5.93. The van der Waals surface area contributed by atoms with Crippen LogP contribution in [0.1, 0.15) is 18.9 Å². The Labute approximate surface area is 111 Å². The molecular formula is C13H21NO3S. The van der Waals surface area contributed by atoms with Crippen LogP contribution in [0.5, 0.6) is 11.5 Å². The Hall–Kier alpha value is -1.07. The largest absolute Gasteiger partial charge is 0.504 e. The average Bonchev–Trinajstić information content (AvgIpc) is 2.34. The number of phenols is 1. The van der Waals surface area contributed by atoms with Gasteiger partial charge in [0.2, 0.25) is 0 Å². The van der Waals surface area contributed by atoms with Crippen molar-refractivity contribution in [3.8, 4) is 11.5 Å². The molecule has 0 aliphatic rings. The predicted molar refractivity (Wildman–Crippen MR) is 74.5 cm³/mol. The molecule has 1 aromatic rings. The van der Waals surface area contributed by atoms with Crippen LogP contribution in [-0.4, -0.2) is 34.5 Å². The van der Waals surface area contributed by atoms with Crippen LogP contribution in [0.2, 0.25) is 0 Å². The van der Waals surface area contributed by atoms with E-state index in [1.54, 1.807) is 18.4 Å². The minimum Gasteiger partial charge on any atom is -0.504 e. The van der Waals surface area contributed by atoms with E-state index in [-0.39, 0.29) is 11.0 Å². The van der Waals surface area contributed by atoms with Crippen molar-refractivity contribution in [2.24, 2.45) is 0 Å². The summed E-state index contributed by atoms with van der Waals surface area (Å²) in [4.78, 5) is 0. The zero-order valence-electron chi connectivity index (χ0n) is 11.1. The highest BCUT2D eigenvalue weighted by molar-refractivity contribution is 7.84. The van der Waals surface area contributed by atoms with Gasteiger partial charge in [-0.05, 0) is 30.7 Å². The van der Waals surface area contributed by atoms with Crippen molar-refractivity contribution in [1.82, 2.24) is 5.32 Å². The van der Waals surface area contributed by atoms with Crippen LogP contribution in [0.25, 0.3) is 0 Å². The fourth-order valence-corrected chi connectivity index (χ4v) is 2.00. The molecule has 0 aliphatic carbocycles. The normalized spacial score (nSPS) is 14.2. The highest BCUT2D eigenvalue weighted by atomic mass is 32.2. The number of methoxy groups -OCH3 is 1. The second-order valence-electron chi connectivity index (χ2n) is 4.28. The smallest absolute Gasteiger partial charge is 0.160 e. The molecule has 0 amide bonds. The van der Waals surface area contributed by atoms with Crippen molar-refractivity contribution < 1.29 is 14.1 Å². The fraction of sp³-hybridized carbons (Fsp3) is 0.538. The van der Waals surface area contributed by atoms with Crippen molar-refractivity contribution in [3.05, 3.63) is 23.8 Å². The van der Waals surface area contributed by atoms with Gasteiger partial charge in [0.05, 0.1) is 7.11 Å². The van der Waals surface area contributed by atoms with E-state index in [1.807, 2.05) is 13.0 Å². The van der Waals surface area contributed by atoms with E-state index in [2.05, 4.69) is 5.32 Å². The number of hydrogen-bond acceptors (Lipinski definition) is 4. The zero-order chi connectivity index (χ0) is 13.5. The minimum atomic E-state index is -0.763. The molecule has 0 aromatic heterocycles. The third-order valence-corrected chi connectivity index (χ3v) is 4.24. The van der Waals surface area contributed by atoms with Crippen molar-refractivity contribution >= 4 is 10.8 Å². The van der Waals surface area contributed by atoms with E-state index in [0.717, 1.165) is 18.5 Å². The number of rotatable bonds is 7. The van der Waals surface area contributed by atoms with E-state index >= 15 is 0 Å². The highest BCUT2D eigenvalue weighted by Crippen LogP contribution is 2.25. The molecule has 0 heterocycles. The van der Waals surface area contributed by atoms with Gasteiger partial charge in [0.25, 0.3) is 0 Å². The summed E-state index contributed by atoms with van der Waals surface area (Å²) < 4.78 is 16.1. The Morgan fingerprint density at radius 1 is 1.50 bits per heavy atom. The molecule has 0 bridgehead atoms. The standard InChI is InChI=1S/C13H21NO3S/c1-10(18(3)16)6-7-14-9-11-4-5-13(17-2)12(15)8-11/h4-5,8,10,14-15H,6-7,9H2,1-3H3. The molecule has 0 saturated carbocycles. The molecule has 1 rings (SSSR count). The predicted octanol–water partition coefficient (Wildman–Crippen LogP) is 1.65. The molecule has 0 fully saturated rings. The van der Waals surface area contributed by atoms with Gasteiger partial charge in [0.15, 0.2) is 11.5 Å². The van der Waals surface area contributed by atoms with Crippen LogP contribution in [0.3, 0.4) is 0 Å². The number of phenolic OH excluding ortho intramolecular Hbond substituents is 1. The van der Waals surface area contributed by atoms with Crippen LogP contribution in [-0.2, 0) is 17.3 Å². The quantitative estimate of drug-likeness (QED) is 0.740. The monoisotopic (exact) mass is 271 g/mol. The summed E-state index contributed by atoms with van der Waals surface area (Å²) >= 11 is 0. The lowest BCUT2D eigenvalue weighted by molar-refractivity contribution is 0.373. The summed E-state index contributed by atoms with van der Waals surface area (Å²) in [5.74, 6) is 0.633. The molecule has 0 spiro atoms. The SMILES string of the molecule is COc1ccc(CNCCC(C)S(C)=O)cc1O. The first-order valence-corrected chi connectivity index (χ1v) is 7.55. The molecule has 1 aromatic carbocycles. The summed E-state index contributed by atoms with van der Waals surface area (Å²) in [6.45, 7) is 3.48. The molecule has 4 nitrogen and oxygen atoms in total. The van der Waals surface area contributed by atoms with Gasteiger partial charge in [-0.15, -0.1) is 0 Å². The lowest BCUT2D eigenvalue weighted by Gasteiger charge is -2.10. The molecule has 0 saturated heterocycles. The van der Waals surface area contributed by atoms with Crippen LogP contribution >= 0.6 is 0 Å². The second-order valence-corrected chi connectivity index (χ2v) is 6.08. The lowest BCUT2D eigenvalue weighted by atomic mass is 10.2. The van der Waals surface area contributed by atoms with Gasteiger partial charge in [-0.3, -0.25) is 4.21 Å². The molecule has 0 radical (unpaired) electrons. The van der Waals surface area contributed by atoms with E-state index < -0.39 is 10.8 Å². The Morgan fingerprint density at radius 2 is 2.22 bits per heavy atom. The van der Waals surface area contributed by atoms with Gasteiger partial charge in [-0.1, -0.05) is 13.0 Å². The zero-order valence-corrected chi connectivity index (χ0v) is 11.9. The number of benzene rings is 1. The number of ether oxygens (including phenoxy) is 1. The Bertz CT molecular complexity index is 409. The second kappa shape index (κ2) is 7.38. The molecule has 18 heavy (non-hydrogen) atoms. The minimum absolute atomic E-state index is 0.153. The van der Waals surface area contributed by atoms with E-state index in [9.17, 15) is 9.32 Å². The molecule has 2 unspecified atom stereocenters. The van der Waals surface area contributed by atoms with Gasteiger partial charge in [0, 0.05) is 28.9 Å². The lowest BCUT2D eigenvalue weighted by Crippen LogP contribution is -2.20. The topological polar surface area (TPSA) is 58.6 Å². The Balaban J connectivity index is 2.36. The van der Waals surface area contributed by atoms with E-state index in [0.29, 0.717) is 12.3 Å². The van der Waals surface area contributed by atoms with Crippen molar-refractivity contribution in [1.29, 1.82) is 0 Å². The third kappa shape index (κ3) is 4.66. The summed E-state index contributed by atoms with van der Waals surface area (Å²) in [5, 5.41) is 13.1. The summed E-state index contributed by atoms with van der Waals surface area (Å²) in [6, 6.07) is 5.34. The number of aromatic hydroxyl groups is 1. The van der Waals surface area contributed by atoms with Gasteiger partial charge >= 0.3 is 0 Å². The van der Waals surface area contributed by atoms with Crippen LogP contribution in [0.15, 0.2) is 18.2 Å². The summed E-state index contributed by atoms with van der Waals surface area (Å²) in [5.41, 5.74) is 0.999. The first-order chi connectivity index (χ1) is 8.54. The number of hydrogen-bond donors (Lipinski definition) is 2. The van der Waals surface area contributed by atoms with Gasteiger partial charge < -0.3 is 15.2 Å².